The van der Waals surface area contributed by atoms with Gasteiger partial charge in [0.2, 0.25) is 0 Å². The van der Waals surface area contributed by atoms with Gasteiger partial charge >= 0.3 is 18.0 Å². The zero-order chi connectivity index (χ0) is 20.6. The molecule has 0 heterocycles. The number of hydrogen-bond acceptors (Lipinski definition) is 6. The van der Waals surface area contributed by atoms with Gasteiger partial charge in [-0.25, -0.2) is 14.4 Å². The van der Waals surface area contributed by atoms with Crippen molar-refractivity contribution >= 4 is 18.0 Å². The minimum atomic E-state index is -0.834. The van der Waals surface area contributed by atoms with Gasteiger partial charge < -0.3 is 19.9 Å². The zero-order valence-corrected chi connectivity index (χ0v) is 16.2. The first-order chi connectivity index (χ1) is 12.6. The van der Waals surface area contributed by atoms with E-state index < -0.39 is 24.1 Å². The lowest BCUT2D eigenvalue weighted by atomic mass is 9.67. The van der Waals surface area contributed by atoms with Gasteiger partial charge in [0, 0.05) is 11.1 Å². The van der Waals surface area contributed by atoms with Crippen LogP contribution in [0.3, 0.4) is 0 Å². The second-order valence-electron chi connectivity index (χ2n) is 7.13. The molecule has 0 saturated heterocycles. The molecule has 0 aromatic rings. The Balaban J connectivity index is 2.74. The van der Waals surface area contributed by atoms with E-state index in [0.717, 1.165) is 5.57 Å². The number of hydrogen-bond donors (Lipinski definition) is 1. The molecule has 1 unspecified atom stereocenters. The molecular weight excluding hydrogens is 350 g/mol. The highest BCUT2D eigenvalue weighted by atomic mass is 16.6. The van der Waals surface area contributed by atoms with Crippen molar-refractivity contribution < 1.29 is 28.6 Å². The topological polar surface area (TPSA) is 105 Å². The van der Waals surface area contributed by atoms with Crippen LogP contribution in [0.15, 0.2) is 36.5 Å². The summed E-state index contributed by atoms with van der Waals surface area (Å²) < 4.78 is 15.5. The first-order valence-electron chi connectivity index (χ1n) is 8.85. The summed E-state index contributed by atoms with van der Waals surface area (Å²) in [5, 5.41) is 0. The van der Waals surface area contributed by atoms with Crippen molar-refractivity contribution in [3.63, 3.8) is 0 Å². The van der Waals surface area contributed by atoms with E-state index in [1.807, 2.05) is 0 Å². The number of carbonyl (C=O) groups is 3. The Bertz CT molecular complexity index is 604. The second kappa shape index (κ2) is 9.94. The van der Waals surface area contributed by atoms with E-state index in [0.29, 0.717) is 43.3 Å². The maximum atomic E-state index is 11.6. The summed E-state index contributed by atoms with van der Waals surface area (Å²) in [6.07, 6.45) is 1.69. The maximum absolute atomic E-state index is 11.6. The average molecular weight is 379 g/mol. The molecule has 7 heteroatoms. The normalized spacial score (nSPS) is 18.3. The lowest BCUT2D eigenvalue weighted by Gasteiger charge is -2.41. The number of esters is 2. The van der Waals surface area contributed by atoms with Crippen LogP contribution in [0.25, 0.3) is 0 Å². The Hall–Kier alpha value is -2.57. The number of carbonyl (C=O) groups excluding carboxylic acids is 3. The predicted molar refractivity (Wildman–Crippen MR) is 101 cm³/mol. The Kier molecular flexibility index (Phi) is 8.28. The van der Waals surface area contributed by atoms with E-state index in [9.17, 15) is 14.4 Å². The van der Waals surface area contributed by atoms with Crippen molar-refractivity contribution in [2.45, 2.75) is 52.1 Å². The summed E-state index contributed by atoms with van der Waals surface area (Å²) in [4.78, 5) is 34.3. The van der Waals surface area contributed by atoms with Gasteiger partial charge in [0.25, 0.3) is 0 Å². The summed E-state index contributed by atoms with van der Waals surface area (Å²) in [6.45, 7) is 14.7. The van der Waals surface area contributed by atoms with E-state index in [1.165, 1.54) is 0 Å². The van der Waals surface area contributed by atoms with Gasteiger partial charge in [0.15, 0.2) is 0 Å². The molecule has 1 aliphatic carbocycles. The molecule has 150 valence electrons. The quantitative estimate of drug-likeness (QED) is 0.285. The van der Waals surface area contributed by atoms with Crippen LogP contribution in [0.1, 0.15) is 46.0 Å². The van der Waals surface area contributed by atoms with Crippen LogP contribution in [0.2, 0.25) is 0 Å². The van der Waals surface area contributed by atoms with Crippen molar-refractivity contribution in [3.05, 3.63) is 36.5 Å². The van der Waals surface area contributed by atoms with Gasteiger partial charge in [0.1, 0.15) is 6.10 Å². The fraction of sp³-hybridized carbons (Fsp3) is 0.550. The zero-order valence-electron chi connectivity index (χ0n) is 16.2. The molecule has 0 aromatic carbocycles. The van der Waals surface area contributed by atoms with Gasteiger partial charge in [-0.3, -0.25) is 0 Å². The third-order valence-corrected chi connectivity index (χ3v) is 4.68. The van der Waals surface area contributed by atoms with Gasteiger partial charge in [-0.1, -0.05) is 19.7 Å². The molecule has 1 atom stereocenters. The molecule has 0 spiro atoms. The molecule has 0 aromatic heterocycles. The molecular formula is C20H29NO6. The van der Waals surface area contributed by atoms with Gasteiger partial charge in [-0.2, -0.15) is 0 Å². The fourth-order valence-electron chi connectivity index (χ4n) is 3.13. The number of rotatable bonds is 9. The first-order valence-corrected chi connectivity index (χ1v) is 8.85. The summed E-state index contributed by atoms with van der Waals surface area (Å²) in [6, 6.07) is 0. The van der Waals surface area contributed by atoms with Crippen LogP contribution in [0.5, 0.6) is 0 Å². The Labute approximate surface area is 160 Å². The predicted octanol–water partition coefficient (Wildman–Crippen LogP) is 3.20. The maximum Gasteiger partial charge on any atom is 0.405 e. The lowest BCUT2D eigenvalue weighted by Crippen LogP contribution is -2.36. The fourth-order valence-corrected chi connectivity index (χ4v) is 3.13. The second-order valence-corrected chi connectivity index (χ2v) is 7.13. The van der Waals surface area contributed by atoms with Crippen LogP contribution in [-0.2, 0) is 23.8 Å². The third kappa shape index (κ3) is 7.29. The van der Waals surface area contributed by atoms with Gasteiger partial charge in [-0.15, -0.1) is 0 Å². The van der Waals surface area contributed by atoms with Crippen LogP contribution in [0.4, 0.5) is 4.79 Å². The largest absolute Gasteiger partial charge is 0.462 e. The van der Waals surface area contributed by atoms with Gasteiger partial charge in [-0.05, 0) is 56.9 Å². The standard InChI is InChI=1S/C20H29NO6/c1-13(2)17(22)25-10-8-20(9-11-26-18(23)14(3)4)7-6-16(15(5)12-20)27-19(21)24/h16H,1,3,5-12H2,2,4H3,(H2,21,24). The third-order valence-electron chi connectivity index (χ3n) is 4.68. The van der Waals surface area contributed by atoms with Crippen LogP contribution in [0, 0.1) is 5.41 Å². The van der Waals surface area contributed by atoms with E-state index in [1.54, 1.807) is 13.8 Å². The van der Waals surface area contributed by atoms with E-state index >= 15 is 0 Å². The summed E-state index contributed by atoms with van der Waals surface area (Å²) in [5.41, 5.74) is 6.24. The molecule has 1 rings (SSSR count). The molecule has 1 fully saturated rings. The Morgan fingerprint density at radius 3 is 1.93 bits per heavy atom. The van der Waals surface area contributed by atoms with Crippen molar-refractivity contribution in [3.8, 4) is 0 Å². The molecule has 1 saturated carbocycles. The molecule has 0 radical (unpaired) electrons. The highest BCUT2D eigenvalue weighted by molar-refractivity contribution is 5.87. The molecule has 1 amide bonds. The van der Waals surface area contributed by atoms with E-state index in [2.05, 4.69) is 19.7 Å². The first kappa shape index (κ1) is 22.5. The van der Waals surface area contributed by atoms with Crippen molar-refractivity contribution in [1.29, 1.82) is 0 Å². The number of primary amides is 1. The summed E-state index contributed by atoms with van der Waals surface area (Å²) in [5.74, 6) is -0.883. The number of amides is 1. The number of ether oxygens (including phenoxy) is 3. The summed E-state index contributed by atoms with van der Waals surface area (Å²) >= 11 is 0. The highest BCUT2D eigenvalue weighted by Crippen LogP contribution is 2.45. The van der Waals surface area contributed by atoms with Crippen molar-refractivity contribution in [2.75, 3.05) is 13.2 Å². The summed E-state index contributed by atoms with van der Waals surface area (Å²) in [7, 11) is 0. The Morgan fingerprint density at radius 2 is 1.56 bits per heavy atom. The minimum Gasteiger partial charge on any atom is -0.462 e. The molecule has 2 N–H and O–H groups in total. The minimum absolute atomic E-state index is 0.217. The molecule has 0 bridgehead atoms. The van der Waals surface area contributed by atoms with Crippen molar-refractivity contribution in [1.82, 2.24) is 0 Å². The van der Waals surface area contributed by atoms with E-state index in [4.69, 9.17) is 19.9 Å². The van der Waals surface area contributed by atoms with E-state index in [-0.39, 0.29) is 18.6 Å². The van der Waals surface area contributed by atoms with Gasteiger partial charge in [0.05, 0.1) is 13.2 Å². The SMILES string of the molecule is C=C(C)C(=O)OCCC1(CCOC(=O)C(=C)C)CCC(OC(N)=O)C(=C)C1. The van der Waals surface area contributed by atoms with Crippen LogP contribution >= 0.6 is 0 Å². The molecule has 7 nitrogen and oxygen atoms in total. The molecule has 27 heavy (non-hydrogen) atoms. The van der Waals surface area contributed by atoms with Crippen LogP contribution in [-0.4, -0.2) is 37.3 Å². The van der Waals surface area contributed by atoms with Crippen molar-refractivity contribution in [2.24, 2.45) is 11.1 Å². The smallest absolute Gasteiger partial charge is 0.405 e. The monoisotopic (exact) mass is 379 g/mol. The lowest BCUT2D eigenvalue weighted by molar-refractivity contribution is -0.140. The number of nitrogens with two attached hydrogens (primary N) is 1. The molecule has 0 aliphatic heterocycles. The van der Waals surface area contributed by atoms with Crippen LogP contribution < -0.4 is 5.73 Å². The Morgan fingerprint density at radius 1 is 1.07 bits per heavy atom. The average Bonchev–Trinajstić information content (AvgIpc) is 2.56. The molecule has 1 aliphatic rings. The highest BCUT2D eigenvalue weighted by Gasteiger charge is 2.38.